The van der Waals surface area contributed by atoms with E-state index in [4.69, 9.17) is 4.74 Å². The monoisotopic (exact) mass is 668 g/mol. The summed E-state index contributed by atoms with van der Waals surface area (Å²) in [5.41, 5.74) is 4.63. The molecule has 0 fully saturated rings. The van der Waals surface area contributed by atoms with Crippen LogP contribution in [-0.4, -0.2) is 34.6 Å². The first-order valence-corrected chi connectivity index (χ1v) is 16.8. The van der Waals surface area contributed by atoms with Gasteiger partial charge in [-0.15, -0.1) is 11.8 Å². The summed E-state index contributed by atoms with van der Waals surface area (Å²) in [5.74, 6) is -0.511. The Balaban J connectivity index is 1.16. The molecule has 1 unspecified atom stereocenters. The van der Waals surface area contributed by atoms with Gasteiger partial charge in [0.15, 0.2) is 0 Å². The number of carbonyl (C=O) groups excluding carboxylic acids is 3. The van der Waals surface area contributed by atoms with Crippen molar-refractivity contribution in [2.45, 2.75) is 30.5 Å². The van der Waals surface area contributed by atoms with E-state index in [0.717, 1.165) is 33.4 Å². The fraction of sp³-hybridized carbons (Fsp3) is 0.125. The minimum absolute atomic E-state index is 0.0446. The number of nitrogens with one attached hydrogen (secondary N) is 3. The number of thioether (sulfide) groups is 1. The lowest BCUT2D eigenvalue weighted by molar-refractivity contribution is -0.115. The number of ether oxygens (including phenoxy) is 1. The second-order valence-electron chi connectivity index (χ2n) is 11.3. The molecule has 1 heterocycles. The maximum absolute atomic E-state index is 13.6. The molecule has 6 aromatic rings. The number of hydrogen-bond donors (Lipinski definition) is 3. The fourth-order valence-corrected chi connectivity index (χ4v) is 6.63. The molecule has 246 valence electrons. The molecule has 0 spiro atoms. The van der Waals surface area contributed by atoms with Crippen LogP contribution in [0.2, 0.25) is 0 Å². The number of fused-ring (bicyclic) bond motifs is 3. The van der Waals surface area contributed by atoms with Gasteiger partial charge in [-0.3, -0.25) is 14.4 Å². The number of amides is 3. The molecule has 1 atom stereocenters. The molecule has 8 nitrogen and oxygen atoms in total. The highest BCUT2D eigenvalue weighted by Gasteiger charge is 2.19. The average Bonchev–Trinajstić information content (AvgIpc) is 3.44. The van der Waals surface area contributed by atoms with E-state index in [0.29, 0.717) is 22.6 Å². The van der Waals surface area contributed by atoms with Gasteiger partial charge in [0.1, 0.15) is 11.4 Å². The van der Waals surface area contributed by atoms with Crippen molar-refractivity contribution in [1.82, 2.24) is 9.88 Å². The molecule has 0 radical (unpaired) electrons. The van der Waals surface area contributed by atoms with Gasteiger partial charge < -0.3 is 25.3 Å². The van der Waals surface area contributed by atoms with Crippen molar-refractivity contribution in [3.8, 4) is 5.75 Å². The van der Waals surface area contributed by atoms with Crippen LogP contribution in [-0.2, 0) is 16.1 Å². The number of aryl methyl sites for hydroxylation is 1. The van der Waals surface area contributed by atoms with Gasteiger partial charge in [0, 0.05) is 55.7 Å². The highest BCUT2D eigenvalue weighted by atomic mass is 32.2. The van der Waals surface area contributed by atoms with E-state index in [9.17, 15) is 14.4 Å². The number of nitrogens with zero attached hydrogens (tertiary/aromatic N) is 1. The third-order valence-corrected chi connectivity index (χ3v) is 9.19. The SMILES string of the molecule is CCn1c2ccccc2c2cc(NC(=O)C(C)Sc3cccc(NC(=O)/C(=C\c4ccccc4OC)NC(=O)c4ccccc4)c3)ccc21. The number of aromatic nitrogens is 1. The number of carbonyl (C=O) groups is 3. The molecule has 0 bridgehead atoms. The van der Waals surface area contributed by atoms with E-state index in [1.165, 1.54) is 17.3 Å². The second kappa shape index (κ2) is 15.0. The molecule has 5 aromatic carbocycles. The Hall–Kier alpha value is -5.80. The average molecular weight is 669 g/mol. The number of hydrogen-bond acceptors (Lipinski definition) is 5. The van der Waals surface area contributed by atoms with Gasteiger partial charge in [-0.05, 0) is 80.6 Å². The Labute approximate surface area is 289 Å². The molecule has 9 heteroatoms. The van der Waals surface area contributed by atoms with Crippen molar-refractivity contribution in [3.63, 3.8) is 0 Å². The number of rotatable bonds is 11. The molecule has 6 rings (SSSR count). The lowest BCUT2D eigenvalue weighted by Crippen LogP contribution is -2.30. The predicted molar refractivity (Wildman–Crippen MR) is 199 cm³/mol. The Morgan fingerprint density at radius 2 is 1.49 bits per heavy atom. The maximum atomic E-state index is 13.6. The summed E-state index contributed by atoms with van der Waals surface area (Å²) in [7, 11) is 1.55. The second-order valence-corrected chi connectivity index (χ2v) is 12.8. The molecular weight excluding hydrogens is 633 g/mol. The Kier molecular flexibility index (Phi) is 10.1. The number of methoxy groups -OCH3 is 1. The van der Waals surface area contributed by atoms with Gasteiger partial charge in [0.25, 0.3) is 11.8 Å². The lowest BCUT2D eigenvalue weighted by Gasteiger charge is -2.15. The summed E-state index contributed by atoms with van der Waals surface area (Å²) in [4.78, 5) is 40.8. The molecule has 49 heavy (non-hydrogen) atoms. The zero-order valence-electron chi connectivity index (χ0n) is 27.4. The molecule has 3 N–H and O–H groups in total. The molecular formula is C40H36N4O4S. The van der Waals surface area contributed by atoms with Crippen LogP contribution in [0.3, 0.4) is 0 Å². The maximum Gasteiger partial charge on any atom is 0.272 e. The van der Waals surface area contributed by atoms with Crippen LogP contribution < -0.4 is 20.7 Å². The van der Waals surface area contributed by atoms with Crippen LogP contribution in [0.25, 0.3) is 27.9 Å². The van der Waals surface area contributed by atoms with Crippen molar-refractivity contribution < 1.29 is 19.1 Å². The van der Waals surface area contributed by atoms with Crippen LogP contribution in [0.15, 0.2) is 132 Å². The van der Waals surface area contributed by atoms with Crippen LogP contribution in [0.5, 0.6) is 5.75 Å². The van der Waals surface area contributed by atoms with E-state index in [1.807, 2.05) is 61.5 Å². The standard InChI is InChI=1S/C40H36N4O4S/c1-4-44-35-19-10-9-18-32(35)33-25-30(21-22-36(33)44)41-38(45)26(2)49-31-17-12-16-29(24-31)42-40(47)34(23-28-15-8-11-20-37(28)48-3)43-39(46)27-13-6-5-7-14-27/h5-26H,4H2,1-3H3,(H,41,45)(H,42,47)(H,43,46)/b34-23+. The first kappa shape index (κ1) is 33.1. The van der Waals surface area contributed by atoms with E-state index in [1.54, 1.807) is 61.7 Å². The zero-order valence-corrected chi connectivity index (χ0v) is 28.2. The van der Waals surface area contributed by atoms with Crippen molar-refractivity contribution >= 4 is 68.7 Å². The third kappa shape index (κ3) is 7.52. The molecule has 0 aliphatic rings. The normalized spacial score (nSPS) is 12.0. The van der Waals surface area contributed by atoms with Crippen LogP contribution in [0, 0.1) is 0 Å². The number of para-hydroxylation sites is 2. The van der Waals surface area contributed by atoms with Gasteiger partial charge >= 0.3 is 0 Å². The van der Waals surface area contributed by atoms with Gasteiger partial charge in [0.2, 0.25) is 5.91 Å². The minimum Gasteiger partial charge on any atom is -0.496 e. The summed E-state index contributed by atoms with van der Waals surface area (Å²) < 4.78 is 7.73. The minimum atomic E-state index is -0.511. The third-order valence-electron chi connectivity index (χ3n) is 8.10. The molecule has 1 aromatic heterocycles. The Bertz CT molecular complexity index is 2190. The fourth-order valence-electron chi connectivity index (χ4n) is 5.70. The highest BCUT2D eigenvalue weighted by Crippen LogP contribution is 2.32. The first-order chi connectivity index (χ1) is 23.8. The van der Waals surface area contributed by atoms with Gasteiger partial charge in [-0.1, -0.05) is 60.7 Å². The van der Waals surface area contributed by atoms with Crippen molar-refractivity contribution in [3.05, 3.63) is 138 Å². The van der Waals surface area contributed by atoms with E-state index < -0.39 is 17.1 Å². The summed E-state index contributed by atoms with van der Waals surface area (Å²) in [6.07, 6.45) is 1.58. The van der Waals surface area contributed by atoms with E-state index >= 15 is 0 Å². The number of anilines is 2. The van der Waals surface area contributed by atoms with Crippen LogP contribution >= 0.6 is 11.8 Å². The Morgan fingerprint density at radius 1 is 0.776 bits per heavy atom. The zero-order chi connectivity index (χ0) is 34.3. The molecule has 0 aliphatic carbocycles. The van der Waals surface area contributed by atoms with E-state index in [-0.39, 0.29) is 11.6 Å². The van der Waals surface area contributed by atoms with Gasteiger partial charge in [0.05, 0.1) is 12.4 Å². The summed E-state index contributed by atoms with van der Waals surface area (Å²) in [5, 5.41) is 10.6. The molecule has 3 amide bonds. The van der Waals surface area contributed by atoms with Crippen LogP contribution in [0.1, 0.15) is 29.8 Å². The summed E-state index contributed by atoms with van der Waals surface area (Å²) in [6.45, 7) is 4.83. The van der Waals surface area contributed by atoms with Gasteiger partial charge in [-0.2, -0.15) is 0 Å². The van der Waals surface area contributed by atoms with Crippen LogP contribution in [0.4, 0.5) is 11.4 Å². The predicted octanol–water partition coefficient (Wildman–Crippen LogP) is 8.35. The summed E-state index contributed by atoms with van der Waals surface area (Å²) >= 11 is 1.38. The molecule has 0 saturated carbocycles. The van der Waals surface area contributed by atoms with Gasteiger partial charge in [-0.25, -0.2) is 0 Å². The van der Waals surface area contributed by atoms with E-state index in [2.05, 4.69) is 45.6 Å². The molecule has 0 aliphatic heterocycles. The highest BCUT2D eigenvalue weighted by molar-refractivity contribution is 8.00. The topological polar surface area (TPSA) is 101 Å². The smallest absolute Gasteiger partial charge is 0.272 e. The molecule has 0 saturated heterocycles. The number of benzene rings is 5. The quantitative estimate of drug-likeness (QED) is 0.0952. The lowest BCUT2D eigenvalue weighted by atomic mass is 10.1. The largest absolute Gasteiger partial charge is 0.496 e. The summed E-state index contributed by atoms with van der Waals surface area (Å²) in [6, 6.07) is 37.5. The first-order valence-electron chi connectivity index (χ1n) is 16.0. The van der Waals surface area contributed by atoms with Crippen molar-refractivity contribution in [2.24, 2.45) is 0 Å². The van der Waals surface area contributed by atoms with Crippen molar-refractivity contribution in [2.75, 3.05) is 17.7 Å². The Morgan fingerprint density at radius 3 is 2.29 bits per heavy atom. The van der Waals surface area contributed by atoms with Crippen molar-refractivity contribution in [1.29, 1.82) is 0 Å².